The van der Waals surface area contributed by atoms with E-state index in [2.05, 4.69) is 26.1 Å². The molecule has 0 spiro atoms. The number of rotatable bonds is 6. The number of nitrogens with zero attached hydrogens (tertiary/aromatic N) is 2. The molecule has 4 heteroatoms. The van der Waals surface area contributed by atoms with E-state index in [9.17, 15) is 0 Å². The molecule has 0 bridgehead atoms. The predicted molar refractivity (Wildman–Crippen MR) is 80.7 cm³/mol. The van der Waals surface area contributed by atoms with Gasteiger partial charge in [-0.25, -0.2) is 9.97 Å². The van der Waals surface area contributed by atoms with Crippen LogP contribution in [0.25, 0.3) is 0 Å². The number of ether oxygens (including phenoxy) is 1. The summed E-state index contributed by atoms with van der Waals surface area (Å²) in [7, 11) is 1.77. The van der Waals surface area contributed by atoms with E-state index >= 15 is 0 Å². The Morgan fingerprint density at radius 2 is 1.95 bits per heavy atom. The molecule has 0 unspecified atom stereocenters. The number of hydrogen-bond donors (Lipinski definition) is 1. The normalized spacial score (nSPS) is 15.2. The van der Waals surface area contributed by atoms with Gasteiger partial charge in [0.1, 0.15) is 5.60 Å². The number of fused-ring (bicyclic) bond motifs is 1. The number of hydrogen-bond acceptors (Lipinski definition) is 4. The van der Waals surface area contributed by atoms with Crippen LogP contribution in [0, 0.1) is 0 Å². The second-order valence-electron chi connectivity index (χ2n) is 5.50. The van der Waals surface area contributed by atoms with Gasteiger partial charge >= 0.3 is 0 Å². The summed E-state index contributed by atoms with van der Waals surface area (Å²) < 4.78 is 5.81. The van der Waals surface area contributed by atoms with Gasteiger partial charge in [-0.3, -0.25) is 0 Å². The Hall–Kier alpha value is -1.00. The van der Waals surface area contributed by atoms with Crippen molar-refractivity contribution in [3.63, 3.8) is 0 Å². The van der Waals surface area contributed by atoms with Crippen LogP contribution < -0.4 is 5.32 Å². The Balaban J connectivity index is 2.51. The Morgan fingerprint density at radius 3 is 2.55 bits per heavy atom. The molecule has 0 aromatic carbocycles. The Kier molecular flexibility index (Phi) is 5.11. The van der Waals surface area contributed by atoms with Gasteiger partial charge in [0.15, 0.2) is 5.82 Å². The van der Waals surface area contributed by atoms with Gasteiger partial charge in [-0.15, -0.1) is 0 Å². The van der Waals surface area contributed by atoms with Crippen molar-refractivity contribution in [2.75, 3.05) is 13.7 Å². The lowest BCUT2D eigenvalue weighted by Gasteiger charge is -2.30. The van der Waals surface area contributed by atoms with Crippen molar-refractivity contribution in [1.29, 1.82) is 0 Å². The average molecular weight is 277 g/mol. The Bertz CT molecular complexity index is 447. The maximum atomic E-state index is 5.81. The summed E-state index contributed by atoms with van der Waals surface area (Å²) in [5.74, 6) is 0.883. The van der Waals surface area contributed by atoms with Crippen molar-refractivity contribution in [3.8, 4) is 0 Å². The fourth-order valence-corrected chi connectivity index (χ4v) is 3.01. The molecule has 0 aliphatic carbocycles. The first-order valence-corrected chi connectivity index (χ1v) is 7.85. The fraction of sp³-hybridized carbons (Fsp3) is 0.750. The van der Waals surface area contributed by atoms with Crippen LogP contribution in [0.5, 0.6) is 0 Å². The lowest BCUT2D eigenvalue weighted by atomic mass is 9.94. The zero-order valence-electron chi connectivity index (χ0n) is 13.3. The van der Waals surface area contributed by atoms with E-state index in [0.29, 0.717) is 0 Å². The average Bonchev–Trinajstić information content (AvgIpc) is 2.50. The first-order chi connectivity index (χ1) is 9.70. The van der Waals surface area contributed by atoms with E-state index in [0.717, 1.165) is 51.0 Å². The summed E-state index contributed by atoms with van der Waals surface area (Å²) in [6.07, 6.45) is 4.94. The molecule has 112 valence electrons. The third-order valence-electron chi connectivity index (χ3n) is 4.45. The van der Waals surface area contributed by atoms with Crippen molar-refractivity contribution < 1.29 is 4.74 Å². The van der Waals surface area contributed by atoms with Gasteiger partial charge in [-0.2, -0.15) is 0 Å². The molecule has 0 saturated heterocycles. The quantitative estimate of drug-likeness (QED) is 0.868. The molecule has 2 rings (SSSR count). The van der Waals surface area contributed by atoms with E-state index in [-0.39, 0.29) is 5.60 Å². The molecule has 20 heavy (non-hydrogen) atoms. The lowest BCUT2D eigenvalue weighted by Crippen LogP contribution is -2.33. The minimum absolute atomic E-state index is 0.331. The van der Waals surface area contributed by atoms with Gasteiger partial charge in [0.2, 0.25) is 0 Å². The first-order valence-electron chi connectivity index (χ1n) is 7.85. The Morgan fingerprint density at radius 1 is 1.20 bits per heavy atom. The van der Waals surface area contributed by atoms with Crippen LogP contribution in [0.2, 0.25) is 0 Å². The lowest BCUT2D eigenvalue weighted by molar-refractivity contribution is -0.0295. The molecule has 1 aliphatic rings. The molecule has 2 heterocycles. The summed E-state index contributed by atoms with van der Waals surface area (Å²) in [4.78, 5) is 9.75. The molecular weight excluding hydrogens is 250 g/mol. The topological polar surface area (TPSA) is 47.0 Å². The van der Waals surface area contributed by atoms with Crippen LogP contribution in [0.4, 0.5) is 0 Å². The monoisotopic (exact) mass is 277 g/mol. The number of nitrogens with one attached hydrogen (secondary N) is 1. The second kappa shape index (κ2) is 6.64. The van der Waals surface area contributed by atoms with Crippen LogP contribution in [-0.2, 0) is 29.7 Å². The molecule has 1 aromatic rings. The van der Waals surface area contributed by atoms with Crippen molar-refractivity contribution >= 4 is 0 Å². The van der Waals surface area contributed by atoms with Crippen LogP contribution in [0.15, 0.2) is 0 Å². The molecule has 0 fully saturated rings. The van der Waals surface area contributed by atoms with E-state index in [1.807, 2.05) is 0 Å². The highest BCUT2D eigenvalue weighted by molar-refractivity contribution is 5.29. The summed E-state index contributed by atoms with van der Waals surface area (Å²) in [5.41, 5.74) is 3.42. The van der Waals surface area contributed by atoms with Crippen LogP contribution in [0.3, 0.4) is 0 Å². The summed E-state index contributed by atoms with van der Waals surface area (Å²) in [6.45, 7) is 8.41. The van der Waals surface area contributed by atoms with Gasteiger partial charge in [0.05, 0.1) is 5.69 Å². The van der Waals surface area contributed by atoms with Gasteiger partial charge < -0.3 is 10.1 Å². The highest BCUT2D eigenvalue weighted by atomic mass is 16.5. The molecule has 0 atom stereocenters. The van der Waals surface area contributed by atoms with Crippen molar-refractivity contribution in [1.82, 2.24) is 15.3 Å². The zero-order chi connectivity index (χ0) is 14.6. The smallest absolute Gasteiger partial charge is 0.160 e. The van der Waals surface area contributed by atoms with Gasteiger partial charge in [-0.1, -0.05) is 27.2 Å². The highest BCUT2D eigenvalue weighted by Crippen LogP contribution is 2.31. The summed E-state index contributed by atoms with van der Waals surface area (Å²) in [5, 5.41) is 3.43. The number of aryl methyl sites for hydroxylation is 1. The highest BCUT2D eigenvalue weighted by Gasteiger charge is 2.33. The largest absolute Gasteiger partial charge is 0.370 e. The minimum Gasteiger partial charge on any atom is -0.370 e. The number of aromatic nitrogens is 2. The van der Waals surface area contributed by atoms with E-state index in [4.69, 9.17) is 14.7 Å². The SMILES string of the molecule is CCCc1nc(C(CC)(CC)OC)nc2c1CNCC2. The molecule has 0 radical (unpaired) electrons. The molecule has 1 N–H and O–H groups in total. The van der Waals surface area contributed by atoms with Gasteiger partial charge in [-0.05, 0) is 19.3 Å². The fourth-order valence-electron chi connectivity index (χ4n) is 3.01. The van der Waals surface area contributed by atoms with E-state index < -0.39 is 0 Å². The third-order valence-corrected chi connectivity index (χ3v) is 4.45. The van der Waals surface area contributed by atoms with Crippen LogP contribution >= 0.6 is 0 Å². The van der Waals surface area contributed by atoms with Crippen molar-refractivity contribution in [2.24, 2.45) is 0 Å². The Labute approximate surface area is 122 Å². The minimum atomic E-state index is -0.331. The number of methoxy groups -OCH3 is 1. The molecule has 1 aliphatic heterocycles. The predicted octanol–water partition coefficient (Wildman–Crippen LogP) is 2.74. The van der Waals surface area contributed by atoms with Gasteiger partial charge in [0.25, 0.3) is 0 Å². The maximum absolute atomic E-state index is 5.81. The summed E-state index contributed by atoms with van der Waals surface area (Å²) in [6, 6.07) is 0. The zero-order valence-corrected chi connectivity index (χ0v) is 13.3. The second-order valence-corrected chi connectivity index (χ2v) is 5.50. The first kappa shape index (κ1) is 15.4. The van der Waals surface area contributed by atoms with Crippen LogP contribution in [0.1, 0.15) is 62.8 Å². The molecule has 0 saturated carbocycles. The van der Waals surface area contributed by atoms with Crippen molar-refractivity contribution in [2.45, 2.75) is 65.0 Å². The molecular formula is C16H27N3O. The molecule has 1 aromatic heterocycles. The summed E-state index contributed by atoms with van der Waals surface area (Å²) >= 11 is 0. The van der Waals surface area contributed by atoms with E-state index in [1.54, 1.807) is 7.11 Å². The van der Waals surface area contributed by atoms with Crippen LogP contribution in [-0.4, -0.2) is 23.6 Å². The van der Waals surface area contributed by atoms with E-state index in [1.165, 1.54) is 17.0 Å². The molecule has 4 nitrogen and oxygen atoms in total. The molecule has 0 amide bonds. The maximum Gasteiger partial charge on any atom is 0.160 e. The third kappa shape index (κ3) is 2.72. The van der Waals surface area contributed by atoms with Crippen molar-refractivity contribution in [3.05, 3.63) is 22.8 Å². The van der Waals surface area contributed by atoms with Gasteiger partial charge in [0, 0.05) is 37.9 Å². The standard InChI is InChI=1S/C16H27N3O/c1-5-8-13-12-11-17-10-9-14(12)19-15(18-13)16(6-2,7-3)20-4/h17H,5-11H2,1-4H3.